The van der Waals surface area contributed by atoms with Crippen LogP contribution in [0, 0.1) is 0 Å². The Bertz CT molecular complexity index is 1000. The Kier molecular flexibility index (Phi) is 26.7. The van der Waals surface area contributed by atoms with E-state index in [0.29, 0.717) is 30.7 Å². The number of nitrogens with one attached hydrogen (secondary N) is 4. The van der Waals surface area contributed by atoms with Crippen molar-refractivity contribution in [3.63, 3.8) is 0 Å². The van der Waals surface area contributed by atoms with E-state index >= 15 is 0 Å². The molecule has 3 heterocycles. The number of hydrogen-bond donors (Lipinski definition) is 4. The van der Waals surface area contributed by atoms with Crippen molar-refractivity contribution >= 4 is 31.9 Å². The van der Waals surface area contributed by atoms with Gasteiger partial charge in [0.1, 0.15) is 5.78 Å². The Morgan fingerprint density at radius 3 is 1.09 bits per heavy atom. The molecule has 0 aromatic carbocycles. The Balaban J connectivity index is 0.000000725. The van der Waals surface area contributed by atoms with Gasteiger partial charge < -0.3 is 37.4 Å². The molecule has 6 rings (SSSR count). The van der Waals surface area contributed by atoms with Crippen molar-refractivity contribution in [3.8, 4) is 0 Å². The van der Waals surface area contributed by atoms with Gasteiger partial charge in [0.25, 0.3) is 0 Å². The van der Waals surface area contributed by atoms with Gasteiger partial charge in [-0.2, -0.15) is 0 Å². The van der Waals surface area contributed by atoms with Crippen molar-refractivity contribution in [2.24, 2.45) is 0 Å². The maximum Gasteiger partial charge on any atom is 1.00 e. The number of Topliss-reactive ketones (excluding diaryl/α,β-unsaturated/α-hetero) is 1. The molecule has 0 aromatic heterocycles. The zero-order valence-corrected chi connectivity index (χ0v) is 37.3. The summed E-state index contributed by atoms with van der Waals surface area (Å²) >= 11 is 0. The molecule has 0 aromatic rings. The maximum atomic E-state index is 11.0. The average Bonchev–Trinajstić information content (AvgIpc) is 3.11. The Labute approximate surface area is 353 Å². The number of nitrogens with zero attached hydrogens (tertiary/aromatic N) is 5. The predicted molar refractivity (Wildman–Crippen MR) is 216 cm³/mol. The third kappa shape index (κ3) is 21.4. The SMILES string of the molecule is CC(=O)NC1CCC(=O)CC1.CC(=O)NC1CCC(N2CCN(C)CC2)CC1.CC(=O)NC1CCC(N2CCN(C)CC2)CC1.CN1CCNCC1.[B].[H-].[Na+]. The van der Waals surface area contributed by atoms with Crippen molar-refractivity contribution < 1.29 is 50.2 Å². The molecular formula is C39H76BN9NaO4. The molecule has 3 amide bonds. The molecule has 305 valence electrons. The van der Waals surface area contributed by atoms with E-state index in [9.17, 15) is 19.2 Å². The summed E-state index contributed by atoms with van der Waals surface area (Å²) in [5.74, 6) is 0.567. The largest absolute Gasteiger partial charge is 1.00 e. The topological polar surface area (TPSA) is 133 Å². The van der Waals surface area contributed by atoms with Crippen molar-refractivity contribution in [2.45, 2.75) is 128 Å². The van der Waals surface area contributed by atoms with Gasteiger partial charge in [0.2, 0.25) is 17.7 Å². The quantitative estimate of drug-likeness (QED) is 0.239. The fraction of sp³-hybridized carbons (Fsp3) is 0.897. The normalized spacial score (nSPS) is 27.7. The van der Waals surface area contributed by atoms with E-state index in [4.69, 9.17) is 0 Å². The number of rotatable bonds is 5. The van der Waals surface area contributed by atoms with Crippen LogP contribution in [0.4, 0.5) is 0 Å². The van der Waals surface area contributed by atoms with Crippen LogP contribution in [0.3, 0.4) is 0 Å². The molecule has 3 aliphatic carbocycles. The number of amides is 3. The van der Waals surface area contributed by atoms with Gasteiger partial charge in [-0.1, -0.05) is 0 Å². The minimum absolute atomic E-state index is 0. The molecule has 0 unspecified atom stereocenters. The number of likely N-dealkylation sites (N-methyl/N-ethyl adjacent to an activating group) is 3. The monoisotopic (exact) mass is 769 g/mol. The summed E-state index contributed by atoms with van der Waals surface area (Å²) in [6.45, 7) is 19.1. The molecule has 0 bridgehead atoms. The second kappa shape index (κ2) is 28.3. The van der Waals surface area contributed by atoms with Gasteiger partial charge in [-0.25, -0.2) is 0 Å². The molecule has 3 saturated carbocycles. The van der Waals surface area contributed by atoms with Crippen LogP contribution >= 0.6 is 0 Å². The molecular weight excluding hydrogens is 692 g/mol. The molecule has 3 aliphatic heterocycles. The van der Waals surface area contributed by atoms with Crippen LogP contribution in [-0.4, -0.2) is 186 Å². The standard InChI is InChI=1S/2C13H25N3O.C8H13NO2.C5H12N2.B.Na.H/c2*1-11(17)14-12-3-5-13(6-4-12)16-9-7-15(2)8-10-16;1-6(10)9-7-2-4-8(11)5-3-7;1-7-4-2-6-3-5-7;;;/h2*12-13H,3-10H2,1-2H3,(H,14,17);7H,2-5H2,1H3,(H,9,10);6H,2-5H2,1H3;;;/q;;;;;+1;-1. The summed E-state index contributed by atoms with van der Waals surface area (Å²) in [5.41, 5.74) is 0. The molecule has 6 fully saturated rings. The van der Waals surface area contributed by atoms with Crippen LogP contribution < -0.4 is 50.8 Å². The van der Waals surface area contributed by atoms with Gasteiger partial charge >= 0.3 is 29.6 Å². The summed E-state index contributed by atoms with van der Waals surface area (Å²) < 4.78 is 0. The molecule has 15 heteroatoms. The van der Waals surface area contributed by atoms with Gasteiger partial charge in [0.05, 0.1) is 0 Å². The fourth-order valence-electron chi connectivity index (χ4n) is 8.27. The van der Waals surface area contributed by atoms with Crippen LogP contribution in [0.25, 0.3) is 0 Å². The molecule has 6 aliphatic rings. The fourth-order valence-corrected chi connectivity index (χ4v) is 8.27. The van der Waals surface area contributed by atoms with Crippen LogP contribution in [0.2, 0.25) is 0 Å². The molecule has 54 heavy (non-hydrogen) atoms. The average molecular weight is 769 g/mol. The van der Waals surface area contributed by atoms with Crippen LogP contribution in [0.5, 0.6) is 0 Å². The smallest absolute Gasteiger partial charge is 1.00 e. The van der Waals surface area contributed by atoms with E-state index in [1.54, 1.807) is 13.8 Å². The zero-order valence-electron chi connectivity index (χ0n) is 36.3. The van der Waals surface area contributed by atoms with Crippen LogP contribution in [-0.2, 0) is 19.2 Å². The zero-order chi connectivity index (χ0) is 37.9. The van der Waals surface area contributed by atoms with Crippen molar-refractivity contribution in [1.82, 2.24) is 45.8 Å². The van der Waals surface area contributed by atoms with Crippen molar-refractivity contribution in [1.29, 1.82) is 0 Å². The minimum atomic E-state index is 0. The summed E-state index contributed by atoms with van der Waals surface area (Å²) in [5, 5.41) is 12.2. The van der Waals surface area contributed by atoms with Crippen LogP contribution in [0.15, 0.2) is 0 Å². The first-order chi connectivity index (χ1) is 24.9. The first-order valence-electron chi connectivity index (χ1n) is 20.4. The predicted octanol–water partition coefficient (Wildman–Crippen LogP) is -1.75. The summed E-state index contributed by atoms with van der Waals surface area (Å²) in [6, 6.07) is 2.61. The first kappa shape index (κ1) is 50.9. The molecule has 13 nitrogen and oxygen atoms in total. The van der Waals surface area contributed by atoms with Gasteiger partial charge in [-0.3, -0.25) is 29.0 Å². The number of ketones is 1. The van der Waals surface area contributed by atoms with Gasteiger partial charge in [0.15, 0.2) is 0 Å². The second-order valence-electron chi connectivity index (χ2n) is 16.2. The van der Waals surface area contributed by atoms with E-state index < -0.39 is 0 Å². The minimum Gasteiger partial charge on any atom is -1.00 e. The number of hydrogen-bond acceptors (Lipinski definition) is 10. The van der Waals surface area contributed by atoms with E-state index in [2.05, 4.69) is 66.9 Å². The number of carbonyl (C=O) groups excluding carboxylic acids is 4. The third-order valence-corrected chi connectivity index (χ3v) is 11.6. The van der Waals surface area contributed by atoms with Gasteiger partial charge in [-0.05, 0) is 85.4 Å². The third-order valence-electron chi connectivity index (χ3n) is 11.6. The van der Waals surface area contributed by atoms with Crippen molar-refractivity contribution in [2.75, 3.05) is 99.7 Å². The first-order valence-corrected chi connectivity index (χ1v) is 20.4. The Morgan fingerprint density at radius 1 is 0.519 bits per heavy atom. The maximum absolute atomic E-state index is 11.0. The van der Waals surface area contributed by atoms with E-state index in [0.717, 1.165) is 63.7 Å². The second-order valence-corrected chi connectivity index (χ2v) is 16.2. The Hall–Kier alpha value is -1.10. The van der Waals surface area contributed by atoms with E-state index in [-0.39, 0.29) is 63.2 Å². The summed E-state index contributed by atoms with van der Waals surface area (Å²) in [4.78, 5) is 55.8. The van der Waals surface area contributed by atoms with Gasteiger partial charge in [0, 0.05) is 151 Å². The van der Waals surface area contributed by atoms with E-state index in [1.807, 2.05) is 0 Å². The summed E-state index contributed by atoms with van der Waals surface area (Å²) in [6.07, 6.45) is 12.5. The van der Waals surface area contributed by atoms with E-state index in [1.165, 1.54) is 98.1 Å². The molecule has 0 atom stereocenters. The van der Waals surface area contributed by atoms with Crippen LogP contribution in [0.1, 0.15) is 99.2 Å². The molecule has 3 radical (unpaired) electrons. The Morgan fingerprint density at radius 2 is 0.815 bits per heavy atom. The molecule has 4 N–H and O–H groups in total. The molecule has 3 saturated heterocycles. The van der Waals surface area contributed by atoms with Crippen molar-refractivity contribution in [3.05, 3.63) is 0 Å². The van der Waals surface area contributed by atoms with Gasteiger partial charge in [-0.15, -0.1) is 0 Å². The molecule has 0 spiro atoms. The summed E-state index contributed by atoms with van der Waals surface area (Å²) in [7, 11) is 6.55. The number of piperazine rings is 3. The number of carbonyl (C=O) groups is 4.